The maximum atomic E-state index is 9.60. The van der Waals surface area contributed by atoms with Gasteiger partial charge in [0.2, 0.25) is 0 Å². The van der Waals surface area contributed by atoms with E-state index in [2.05, 4.69) is 43.9 Å². The van der Waals surface area contributed by atoms with Crippen molar-refractivity contribution in [2.24, 2.45) is 0 Å². The molecular formula is C22H25N3O3. The molecule has 0 aliphatic carbocycles. The molecule has 1 aromatic heterocycles. The van der Waals surface area contributed by atoms with E-state index < -0.39 is 0 Å². The molecule has 2 aromatic carbocycles. The number of H-pyrrole nitrogens is 1. The van der Waals surface area contributed by atoms with Crippen molar-refractivity contribution in [1.82, 2.24) is 14.9 Å². The molecule has 2 aliphatic heterocycles. The van der Waals surface area contributed by atoms with Crippen LogP contribution in [0.3, 0.4) is 0 Å². The number of nitrogens with one attached hydrogen (secondary N) is 1. The van der Waals surface area contributed by atoms with Crippen molar-refractivity contribution < 1.29 is 14.3 Å². The summed E-state index contributed by atoms with van der Waals surface area (Å²) in [4.78, 5) is 20.0. The van der Waals surface area contributed by atoms with Gasteiger partial charge in [-0.25, -0.2) is 4.98 Å². The van der Waals surface area contributed by atoms with Crippen LogP contribution in [0, 0.1) is 0 Å². The van der Waals surface area contributed by atoms with Crippen LogP contribution >= 0.6 is 0 Å². The molecular weight excluding hydrogens is 354 g/mol. The molecule has 2 atom stereocenters. The Morgan fingerprint density at radius 1 is 1.18 bits per heavy atom. The van der Waals surface area contributed by atoms with Gasteiger partial charge in [-0.3, -0.25) is 9.69 Å². The molecule has 0 radical (unpaired) electrons. The van der Waals surface area contributed by atoms with Crippen molar-refractivity contribution >= 4 is 17.5 Å². The number of hydrogen-bond acceptors (Lipinski definition) is 5. The van der Waals surface area contributed by atoms with Crippen LogP contribution in [0.5, 0.6) is 0 Å². The van der Waals surface area contributed by atoms with Crippen LogP contribution in [-0.2, 0) is 20.0 Å². The highest BCUT2D eigenvalue weighted by molar-refractivity contribution is 5.79. The zero-order valence-corrected chi connectivity index (χ0v) is 16.4. The topological polar surface area (TPSA) is 67.2 Å². The van der Waals surface area contributed by atoms with Crippen molar-refractivity contribution in [2.45, 2.75) is 32.1 Å². The molecule has 3 heterocycles. The summed E-state index contributed by atoms with van der Waals surface area (Å²) in [5, 5.41) is 0. The van der Waals surface area contributed by atoms with E-state index >= 15 is 0 Å². The standard InChI is InChI=1S/C17H15N3O.C5H10O2/c1-2-4-15-14(3-1)18-16(19-15)12-5-7-13(8-6-12)17-11-20(17)9-10-21-17;1-5(2,3)7-4-6/h1-8H,9-11H2,(H,18,19);4H,1-3H3. The van der Waals surface area contributed by atoms with Gasteiger partial charge in [0.15, 0.2) is 5.72 Å². The van der Waals surface area contributed by atoms with E-state index in [9.17, 15) is 4.79 Å². The minimum absolute atomic E-state index is 0.119. The van der Waals surface area contributed by atoms with Crippen LogP contribution in [0.4, 0.5) is 0 Å². The first-order valence-corrected chi connectivity index (χ1v) is 9.47. The molecule has 2 aliphatic rings. The normalized spacial score (nSPS) is 22.9. The fourth-order valence-electron chi connectivity index (χ4n) is 3.42. The van der Waals surface area contributed by atoms with Crippen molar-refractivity contribution in [3.63, 3.8) is 0 Å². The lowest BCUT2D eigenvalue weighted by Gasteiger charge is -2.14. The van der Waals surface area contributed by atoms with Gasteiger partial charge < -0.3 is 14.5 Å². The summed E-state index contributed by atoms with van der Waals surface area (Å²) in [6.45, 7) is 8.83. The lowest BCUT2D eigenvalue weighted by atomic mass is 10.1. The lowest BCUT2D eigenvalue weighted by molar-refractivity contribution is -0.138. The number of ether oxygens (including phenoxy) is 2. The maximum Gasteiger partial charge on any atom is 0.293 e. The molecule has 0 amide bonds. The fraction of sp³-hybridized carbons (Fsp3) is 0.364. The third-order valence-corrected chi connectivity index (χ3v) is 4.92. The molecule has 6 heteroatoms. The zero-order valence-electron chi connectivity index (χ0n) is 16.4. The molecule has 3 aromatic rings. The monoisotopic (exact) mass is 379 g/mol. The van der Waals surface area contributed by atoms with Crippen molar-refractivity contribution in [3.8, 4) is 11.4 Å². The minimum atomic E-state index is -0.318. The summed E-state index contributed by atoms with van der Waals surface area (Å²) in [5.74, 6) is 0.917. The number of hydrogen-bond donors (Lipinski definition) is 1. The Morgan fingerprint density at radius 3 is 2.46 bits per heavy atom. The molecule has 0 bridgehead atoms. The number of aromatic nitrogens is 2. The molecule has 2 unspecified atom stereocenters. The molecule has 146 valence electrons. The number of carbonyl (C=O) groups excluding carboxylic acids is 1. The number of aromatic amines is 1. The quantitative estimate of drug-likeness (QED) is 0.555. The number of nitrogens with zero attached hydrogens (tertiary/aromatic N) is 2. The Balaban J connectivity index is 0.000000239. The Bertz CT molecular complexity index is 942. The lowest BCUT2D eigenvalue weighted by Crippen LogP contribution is -2.17. The summed E-state index contributed by atoms with van der Waals surface area (Å²) in [6.07, 6.45) is 0. The predicted molar refractivity (Wildman–Crippen MR) is 108 cm³/mol. The van der Waals surface area contributed by atoms with Crippen LogP contribution in [0.25, 0.3) is 22.4 Å². The Hall–Kier alpha value is -2.70. The molecule has 6 nitrogen and oxygen atoms in total. The van der Waals surface area contributed by atoms with E-state index in [1.54, 1.807) is 0 Å². The molecule has 1 N–H and O–H groups in total. The van der Waals surface area contributed by atoms with Crippen molar-refractivity contribution in [2.75, 3.05) is 19.7 Å². The van der Waals surface area contributed by atoms with Crippen LogP contribution in [-0.4, -0.2) is 46.6 Å². The first-order valence-electron chi connectivity index (χ1n) is 9.47. The molecule has 28 heavy (non-hydrogen) atoms. The van der Waals surface area contributed by atoms with Crippen LogP contribution in [0.15, 0.2) is 48.5 Å². The summed E-state index contributed by atoms with van der Waals surface area (Å²) >= 11 is 0. The summed E-state index contributed by atoms with van der Waals surface area (Å²) in [6, 6.07) is 16.7. The van der Waals surface area contributed by atoms with Gasteiger partial charge in [-0.2, -0.15) is 0 Å². The SMILES string of the molecule is CC(C)(C)OC=O.c1ccc2[nH]c(-c3ccc(C45CN4CCO5)cc3)nc2c1. The third kappa shape index (κ3) is 3.66. The van der Waals surface area contributed by atoms with E-state index in [1.807, 2.05) is 45.0 Å². The zero-order chi connectivity index (χ0) is 19.8. The van der Waals surface area contributed by atoms with Gasteiger partial charge in [0, 0.05) is 24.2 Å². The number of imidazole rings is 1. The van der Waals surface area contributed by atoms with Gasteiger partial charge in [0.05, 0.1) is 17.6 Å². The third-order valence-electron chi connectivity index (χ3n) is 4.92. The number of para-hydroxylation sites is 2. The first kappa shape index (κ1) is 18.7. The van der Waals surface area contributed by atoms with Crippen molar-refractivity contribution in [1.29, 1.82) is 0 Å². The molecule has 2 fully saturated rings. The number of rotatable bonds is 3. The second-order valence-electron chi connectivity index (χ2n) is 8.06. The van der Waals surface area contributed by atoms with E-state index in [-0.39, 0.29) is 11.3 Å². The first-order chi connectivity index (χ1) is 13.4. The Morgan fingerprint density at radius 2 is 1.93 bits per heavy atom. The second kappa shape index (κ2) is 7.04. The van der Waals surface area contributed by atoms with E-state index in [1.165, 1.54) is 5.56 Å². The average molecular weight is 379 g/mol. The van der Waals surface area contributed by atoms with E-state index in [0.29, 0.717) is 6.47 Å². The highest BCUT2D eigenvalue weighted by atomic mass is 16.5. The largest absolute Gasteiger partial charge is 0.462 e. The summed E-state index contributed by atoms with van der Waals surface area (Å²) in [7, 11) is 0. The van der Waals surface area contributed by atoms with Gasteiger partial charge in [0.25, 0.3) is 6.47 Å². The van der Waals surface area contributed by atoms with Crippen molar-refractivity contribution in [3.05, 3.63) is 54.1 Å². The Kier molecular flexibility index (Phi) is 4.69. The van der Waals surface area contributed by atoms with Crippen LogP contribution < -0.4 is 0 Å². The van der Waals surface area contributed by atoms with Gasteiger partial charge in [-0.05, 0) is 32.9 Å². The summed E-state index contributed by atoms with van der Waals surface area (Å²) < 4.78 is 10.4. The minimum Gasteiger partial charge on any atom is -0.462 e. The smallest absolute Gasteiger partial charge is 0.293 e. The van der Waals surface area contributed by atoms with E-state index in [4.69, 9.17) is 4.74 Å². The fourth-order valence-corrected chi connectivity index (χ4v) is 3.42. The van der Waals surface area contributed by atoms with Crippen LogP contribution in [0.1, 0.15) is 26.3 Å². The second-order valence-corrected chi connectivity index (χ2v) is 8.06. The van der Waals surface area contributed by atoms with Crippen LogP contribution in [0.2, 0.25) is 0 Å². The predicted octanol–water partition coefficient (Wildman–Crippen LogP) is 3.69. The van der Waals surface area contributed by atoms with Gasteiger partial charge in [0.1, 0.15) is 11.4 Å². The van der Waals surface area contributed by atoms with Gasteiger partial charge in [-0.1, -0.05) is 36.4 Å². The molecule has 0 spiro atoms. The highest BCUT2D eigenvalue weighted by Crippen LogP contribution is 2.47. The summed E-state index contributed by atoms with van der Waals surface area (Å²) in [5.41, 5.74) is 4.00. The van der Waals surface area contributed by atoms with E-state index in [0.717, 1.165) is 42.1 Å². The number of carbonyl (C=O) groups is 1. The molecule has 2 saturated heterocycles. The maximum absolute atomic E-state index is 9.60. The van der Waals surface area contributed by atoms with Gasteiger partial charge in [-0.15, -0.1) is 0 Å². The highest BCUT2D eigenvalue weighted by Gasteiger charge is 2.58. The molecule has 5 rings (SSSR count). The van der Waals surface area contributed by atoms with Gasteiger partial charge >= 0.3 is 0 Å². The molecule has 0 saturated carbocycles. The Labute approximate surface area is 164 Å². The number of fused-ring (bicyclic) bond motifs is 2. The number of morpholine rings is 1. The number of benzene rings is 2. The average Bonchev–Trinajstić information content (AvgIpc) is 3.03.